The van der Waals surface area contributed by atoms with E-state index in [1.165, 1.54) is 18.3 Å². The van der Waals surface area contributed by atoms with E-state index >= 15 is 0 Å². The maximum atomic E-state index is 12.0. The molecule has 0 saturated heterocycles. The summed E-state index contributed by atoms with van der Waals surface area (Å²) in [6.45, 7) is 0. The first-order chi connectivity index (χ1) is 8.99. The van der Waals surface area contributed by atoms with Gasteiger partial charge in [0.25, 0.3) is 5.91 Å². The zero-order valence-corrected chi connectivity index (χ0v) is 11.7. The Morgan fingerprint density at radius 1 is 1.16 bits per heavy atom. The Balaban J connectivity index is 2.28. The molecule has 0 radical (unpaired) electrons. The van der Waals surface area contributed by atoms with E-state index < -0.39 is 5.91 Å². The molecule has 7 heteroatoms. The van der Waals surface area contributed by atoms with Gasteiger partial charge in [-0.2, -0.15) is 0 Å². The standard InChI is InChI=1S/C12H8Cl3N3O/c13-7-2-1-3-17-11(7)18-12(19)6-4-8(14)10(16)9(15)5-6/h1-5H,16H2,(H,17,18,19). The molecule has 1 heterocycles. The third-order valence-corrected chi connectivity index (χ3v) is 3.26. The number of nitrogens with one attached hydrogen (secondary N) is 1. The van der Waals surface area contributed by atoms with Gasteiger partial charge < -0.3 is 11.1 Å². The molecule has 2 rings (SSSR count). The normalized spacial score (nSPS) is 10.3. The lowest BCUT2D eigenvalue weighted by molar-refractivity contribution is 0.102. The number of nitrogen functional groups attached to an aromatic ring is 1. The summed E-state index contributed by atoms with van der Waals surface area (Å²) in [4.78, 5) is 16.0. The molecule has 0 saturated carbocycles. The number of halogens is 3. The number of aromatic nitrogens is 1. The van der Waals surface area contributed by atoms with Crippen molar-refractivity contribution >= 4 is 52.2 Å². The maximum absolute atomic E-state index is 12.0. The van der Waals surface area contributed by atoms with Gasteiger partial charge in [0.05, 0.1) is 20.8 Å². The fourth-order valence-electron chi connectivity index (χ4n) is 1.37. The molecule has 0 atom stereocenters. The highest BCUT2D eigenvalue weighted by Gasteiger charge is 2.13. The first kappa shape index (κ1) is 13.9. The van der Waals surface area contributed by atoms with Crippen LogP contribution in [0.2, 0.25) is 15.1 Å². The average molecular weight is 317 g/mol. The number of hydrogen-bond donors (Lipinski definition) is 2. The van der Waals surface area contributed by atoms with Crippen LogP contribution in [0.4, 0.5) is 11.5 Å². The van der Waals surface area contributed by atoms with Crippen LogP contribution >= 0.6 is 34.8 Å². The summed E-state index contributed by atoms with van der Waals surface area (Å²) in [7, 11) is 0. The molecule has 19 heavy (non-hydrogen) atoms. The van der Waals surface area contributed by atoms with Crippen molar-refractivity contribution < 1.29 is 4.79 Å². The second kappa shape index (κ2) is 5.65. The summed E-state index contributed by atoms with van der Waals surface area (Å²) in [5.74, 6) is -0.164. The first-order valence-corrected chi connectivity index (χ1v) is 6.29. The molecule has 4 nitrogen and oxygen atoms in total. The molecule has 0 spiro atoms. The van der Waals surface area contributed by atoms with Crippen molar-refractivity contribution in [2.45, 2.75) is 0 Å². The Morgan fingerprint density at radius 2 is 1.79 bits per heavy atom. The fraction of sp³-hybridized carbons (Fsp3) is 0. The van der Waals surface area contributed by atoms with Crippen LogP contribution in [-0.2, 0) is 0 Å². The molecule has 2 aromatic rings. The number of benzene rings is 1. The number of amides is 1. The van der Waals surface area contributed by atoms with Crippen LogP contribution in [0.5, 0.6) is 0 Å². The first-order valence-electron chi connectivity index (χ1n) is 5.15. The third-order valence-electron chi connectivity index (χ3n) is 2.33. The van der Waals surface area contributed by atoms with Gasteiger partial charge in [-0.1, -0.05) is 34.8 Å². The largest absolute Gasteiger partial charge is 0.396 e. The predicted molar refractivity (Wildman–Crippen MR) is 78.1 cm³/mol. The monoisotopic (exact) mass is 315 g/mol. The summed E-state index contributed by atoms with van der Waals surface area (Å²) >= 11 is 17.6. The fourth-order valence-corrected chi connectivity index (χ4v) is 2.03. The van der Waals surface area contributed by atoms with Gasteiger partial charge >= 0.3 is 0 Å². The second-order valence-electron chi connectivity index (χ2n) is 3.64. The number of nitrogens with zero attached hydrogens (tertiary/aromatic N) is 1. The molecular formula is C12H8Cl3N3O. The highest BCUT2D eigenvalue weighted by atomic mass is 35.5. The van der Waals surface area contributed by atoms with Gasteiger partial charge in [0.2, 0.25) is 0 Å². The lowest BCUT2D eigenvalue weighted by atomic mass is 10.2. The van der Waals surface area contributed by atoms with Crippen LogP contribution in [0.1, 0.15) is 10.4 Å². The van der Waals surface area contributed by atoms with Crippen LogP contribution in [0.15, 0.2) is 30.5 Å². The number of rotatable bonds is 2. The van der Waals surface area contributed by atoms with E-state index in [0.29, 0.717) is 5.02 Å². The van der Waals surface area contributed by atoms with Crippen molar-refractivity contribution in [1.29, 1.82) is 0 Å². The molecule has 98 valence electrons. The van der Waals surface area contributed by atoms with Crippen molar-refractivity contribution in [2.24, 2.45) is 0 Å². The zero-order chi connectivity index (χ0) is 14.0. The van der Waals surface area contributed by atoms with Gasteiger partial charge in [0.15, 0.2) is 5.82 Å². The summed E-state index contributed by atoms with van der Waals surface area (Å²) in [6.07, 6.45) is 1.52. The summed E-state index contributed by atoms with van der Waals surface area (Å²) < 4.78 is 0. The van der Waals surface area contributed by atoms with Crippen LogP contribution in [0.3, 0.4) is 0 Å². The number of carbonyl (C=O) groups excluding carboxylic acids is 1. The Bertz CT molecular complexity index is 623. The molecule has 0 fully saturated rings. The quantitative estimate of drug-likeness (QED) is 0.826. The molecule has 3 N–H and O–H groups in total. The molecule has 0 bridgehead atoms. The Labute approximate surface area is 124 Å². The Kier molecular flexibility index (Phi) is 4.14. The molecular weight excluding hydrogens is 309 g/mol. The minimum atomic E-state index is -0.426. The molecule has 1 aromatic heterocycles. The van der Waals surface area contributed by atoms with Crippen LogP contribution in [0, 0.1) is 0 Å². The Morgan fingerprint density at radius 3 is 2.37 bits per heavy atom. The number of anilines is 2. The van der Waals surface area contributed by atoms with Crippen molar-refractivity contribution in [3.63, 3.8) is 0 Å². The van der Waals surface area contributed by atoms with Gasteiger partial charge in [-0.15, -0.1) is 0 Å². The predicted octanol–water partition coefficient (Wildman–Crippen LogP) is 3.88. The smallest absolute Gasteiger partial charge is 0.256 e. The van der Waals surface area contributed by atoms with Crippen LogP contribution in [-0.4, -0.2) is 10.9 Å². The molecule has 0 aliphatic rings. The minimum Gasteiger partial charge on any atom is -0.396 e. The summed E-state index contributed by atoms with van der Waals surface area (Å²) in [6, 6.07) is 6.13. The number of nitrogens with two attached hydrogens (primary N) is 1. The lowest BCUT2D eigenvalue weighted by Gasteiger charge is -2.08. The minimum absolute atomic E-state index is 0.213. The summed E-state index contributed by atoms with van der Waals surface area (Å²) in [5, 5.41) is 3.32. The Hall–Kier alpha value is -1.49. The SMILES string of the molecule is Nc1c(Cl)cc(C(=O)Nc2ncccc2Cl)cc1Cl. The average Bonchev–Trinajstić information content (AvgIpc) is 2.38. The van der Waals surface area contributed by atoms with Crippen molar-refractivity contribution in [2.75, 3.05) is 11.1 Å². The van der Waals surface area contributed by atoms with Gasteiger partial charge in [0, 0.05) is 11.8 Å². The van der Waals surface area contributed by atoms with E-state index in [0.717, 1.165) is 0 Å². The van der Waals surface area contributed by atoms with E-state index in [2.05, 4.69) is 10.3 Å². The van der Waals surface area contributed by atoms with Gasteiger partial charge in [-0.05, 0) is 24.3 Å². The second-order valence-corrected chi connectivity index (χ2v) is 4.86. The van der Waals surface area contributed by atoms with Crippen molar-refractivity contribution in [3.05, 3.63) is 51.1 Å². The third kappa shape index (κ3) is 3.10. The highest BCUT2D eigenvalue weighted by molar-refractivity contribution is 6.39. The number of pyridine rings is 1. The zero-order valence-electron chi connectivity index (χ0n) is 9.45. The van der Waals surface area contributed by atoms with Crippen LogP contribution < -0.4 is 11.1 Å². The van der Waals surface area contributed by atoms with E-state index in [-0.39, 0.29) is 27.1 Å². The number of hydrogen-bond acceptors (Lipinski definition) is 3. The lowest BCUT2D eigenvalue weighted by Crippen LogP contribution is -2.13. The van der Waals surface area contributed by atoms with Gasteiger partial charge in [0.1, 0.15) is 0 Å². The molecule has 0 unspecified atom stereocenters. The van der Waals surface area contributed by atoms with Gasteiger partial charge in [-0.25, -0.2) is 4.98 Å². The topological polar surface area (TPSA) is 68.0 Å². The molecule has 1 amide bonds. The molecule has 0 aliphatic carbocycles. The number of carbonyl (C=O) groups is 1. The van der Waals surface area contributed by atoms with Crippen molar-refractivity contribution in [3.8, 4) is 0 Å². The van der Waals surface area contributed by atoms with Crippen LogP contribution in [0.25, 0.3) is 0 Å². The van der Waals surface area contributed by atoms with E-state index in [1.807, 2.05) is 0 Å². The van der Waals surface area contributed by atoms with Crippen molar-refractivity contribution in [1.82, 2.24) is 4.98 Å². The maximum Gasteiger partial charge on any atom is 0.256 e. The van der Waals surface area contributed by atoms with Gasteiger partial charge in [-0.3, -0.25) is 4.79 Å². The van der Waals surface area contributed by atoms with E-state index in [4.69, 9.17) is 40.5 Å². The summed E-state index contributed by atoms with van der Waals surface area (Å²) in [5.41, 5.74) is 6.10. The van der Waals surface area contributed by atoms with E-state index in [1.54, 1.807) is 12.1 Å². The highest BCUT2D eigenvalue weighted by Crippen LogP contribution is 2.29. The molecule has 0 aliphatic heterocycles. The van der Waals surface area contributed by atoms with E-state index in [9.17, 15) is 4.79 Å². The molecule has 1 aromatic carbocycles.